The maximum atomic E-state index is 12.9. The summed E-state index contributed by atoms with van der Waals surface area (Å²) < 4.78 is 38.0. The lowest BCUT2D eigenvalue weighted by Gasteiger charge is -2.32. The molecule has 0 bridgehead atoms. The molecule has 1 aromatic rings. The number of aliphatic carboxylic acids is 1. The number of sulfonamides is 1. The first-order chi connectivity index (χ1) is 12.8. The van der Waals surface area contributed by atoms with Crippen LogP contribution in [0.1, 0.15) is 12.8 Å². The average molecular weight is 398 g/mol. The van der Waals surface area contributed by atoms with E-state index in [1.54, 1.807) is 6.07 Å². The molecule has 0 saturated carbocycles. The van der Waals surface area contributed by atoms with Crippen LogP contribution in [0.4, 0.5) is 0 Å². The Kier molecular flexibility index (Phi) is 5.56. The molecule has 0 aromatic heterocycles. The number of carbonyl (C=O) groups excluding carboxylic acids is 1. The van der Waals surface area contributed by atoms with E-state index in [4.69, 9.17) is 14.6 Å². The first-order valence-corrected chi connectivity index (χ1v) is 10.1. The summed E-state index contributed by atoms with van der Waals surface area (Å²) in [6.07, 6.45) is 0.707. The molecule has 0 spiro atoms. The van der Waals surface area contributed by atoms with Crippen LogP contribution in [0.25, 0.3) is 0 Å². The van der Waals surface area contributed by atoms with Crippen molar-refractivity contribution >= 4 is 21.9 Å². The number of carbonyl (C=O) groups is 2. The van der Waals surface area contributed by atoms with Gasteiger partial charge in [-0.3, -0.25) is 9.59 Å². The molecule has 2 heterocycles. The zero-order valence-electron chi connectivity index (χ0n) is 15.0. The molecule has 9 nitrogen and oxygen atoms in total. The fraction of sp³-hybridized carbons (Fsp3) is 0.529. The summed E-state index contributed by atoms with van der Waals surface area (Å²) in [5, 5.41) is 8.79. The lowest BCUT2D eigenvalue weighted by molar-refractivity contribution is -0.145. The summed E-state index contributed by atoms with van der Waals surface area (Å²) in [5.74, 6) is -0.798. The molecule has 148 valence electrons. The van der Waals surface area contributed by atoms with Crippen LogP contribution in [0.5, 0.6) is 11.5 Å². The highest BCUT2D eigenvalue weighted by Crippen LogP contribution is 2.34. The van der Waals surface area contributed by atoms with Gasteiger partial charge >= 0.3 is 5.97 Å². The van der Waals surface area contributed by atoms with Crippen LogP contribution >= 0.6 is 0 Å². The summed E-state index contributed by atoms with van der Waals surface area (Å²) in [7, 11) is -2.27. The predicted octanol–water partition coefficient (Wildman–Crippen LogP) is 0.401. The second-order valence-corrected chi connectivity index (χ2v) is 8.51. The lowest BCUT2D eigenvalue weighted by atomic mass is 9.97. The Balaban J connectivity index is 1.66. The Morgan fingerprint density at radius 3 is 2.44 bits per heavy atom. The second kappa shape index (κ2) is 7.73. The number of hydrogen-bond donors (Lipinski definition) is 1. The zero-order valence-corrected chi connectivity index (χ0v) is 15.8. The number of amides is 1. The highest BCUT2D eigenvalue weighted by molar-refractivity contribution is 7.89. The highest BCUT2D eigenvalue weighted by Gasteiger charge is 2.34. The molecule has 1 N–H and O–H groups in total. The molecule has 10 heteroatoms. The first kappa shape index (κ1) is 19.4. The molecule has 0 aliphatic carbocycles. The molecular formula is C17H22N2O7S. The quantitative estimate of drug-likeness (QED) is 0.764. The number of likely N-dealkylation sites (N-methyl/N-ethyl adjacent to an activating group) is 1. The molecule has 0 atom stereocenters. The van der Waals surface area contributed by atoms with E-state index in [2.05, 4.69) is 0 Å². The Hall–Kier alpha value is -2.33. The van der Waals surface area contributed by atoms with Crippen LogP contribution in [0, 0.1) is 5.92 Å². The van der Waals surface area contributed by atoms with Crippen molar-refractivity contribution in [1.82, 2.24) is 9.21 Å². The van der Waals surface area contributed by atoms with Gasteiger partial charge in [-0.1, -0.05) is 0 Å². The van der Waals surface area contributed by atoms with Gasteiger partial charge in [0.05, 0.1) is 4.90 Å². The maximum Gasteiger partial charge on any atom is 0.323 e. The molecule has 3 rings (SSSR count). The number of carboxylic acids is 1. The van der Waals surface area contributed by atoms with Crippen LogP contribution in [0.15, 0.2) is 23.1 Å². The standard InChI is InChI=1S/C17H22N2O7S/c1-18(11-16(20)21)17(22)12-4-6-19(7-5-12)27(23,24)13-2-3-14-15(10-13)26-9-8-25-14/h2-3,10,12H,4-9,11H2,1H3,(H,20,21). The number of hydrogen-bond acceptors (Lipinski definition) is 6. The molecule has 27 heavy (non-hydrogen) atoms. The minimum Gasteiger partial charge on any atom is -0.486 e. The third-order valence-corrected chi connectivity index (χ3v) is 6.60. The van der Waals surface area contributed by atoms with Crippen molar-refractivity contribution in [1.29, 1.82) is 0 Å². The topological polar surface area (TPSA) is 113 Å². The first-order valence-electron chi connectivity index (χ1n) is 8.65. The van der Waals surface area contributed by atoms with Crippen LogP contribution in [0.2, 0.25) is 0 Å². The normalized spacial score (nSPS) is 18.1. The number of benzene rings is 1. The lowest BCUT2D eigenvalue weighted by Crippen LogP contribution is -2.44. The minimum absolute atomic E-state index is 0.125. The Morgan fingerprint density at radius 2 is 1.81 bits per heavy atom. The summed E-state index contributed by atoms with van der Waals surface area (Å²) in [4.78, 5) is 24.3. The number of fused-ring (bicyclic) bond motifs is 1. The Labute approximate surface area is 157 Å². The van der Waals surface area contributed by atoms with Gasteiger partial charge in [-0.25, -0.2) is 8.42 Å². The van der Waals surface area contributed by atoms with E-state index in [-0.39, 0.29) is 36.4 Å². The number of piperidine rings is 1. The summed E-state index contributed by atoms with van der Waals surface area (Å²) in [6.45, 7) is 0.835. The molecule has 0 unspecified atom stereocenters. The van der Waals surface area contributed by atoms with E-state index in [1.807, 2.05) is 0 Å². The monoisotopic (exact) mass is 398 g/mol. The van der Waals surface area contributed by atoms with E-state index < -0.39 is 16.0 Å². The van der Waals surface area contributed by atoms with Crippen molar-refractivity contribution in [3.63, 3.8) is 0 Å². The number of rotatable bonds is 5. The smallest absolute Gasteiger partial charge is 0.323 e. The van der Waals surface area contributed by atoms with Crippen LogP contribution in [-0.2, 0) is 19.6 Å². The molecule has 2 aliphatic rings. The average Bonchev–Trinajstić information content (AvgIpc) is 2.66. The van der Waals surface area contributed by atoms with E-state index in [9.17, 15) is 18.0 Å². The van der Waals surface area contributed by atoms with E-state index in [0.717, 1.165) is 4.90 Å². The third-order valence-electron chi connectivity index (χ3n) is 4.70. The van der Waals surface area contributed by atoms with Crippen LogP contribution in [0.3, 0.4) is 0 Å². The van der Waals surface area contributed by atoms with Gasteiger partial charge in [-0.15, -0.1) is 0 Å². The molecule has 1 aromatic carbocycles. The van der Waals surface area contributed by atoms with Gasteiger partial charge in [0.15, 0.2) is 11.5 Å². The van der Waals surface area contributed by atoms with Crippen molar-refractivity contribution in [2.24, 2.45) is 5.92 Å². The highest BCUT2D eigenvalue weighted by atomic mass is 32.2. The number of nitrogens with zero attached hydrogens (tertiary/aromatic N) is 2. The van der Waals surface area contributed by atoms with Crippen molar-refractivity contribution in [3.8, 4) is 11.5 Å². The largest absolute Gasteiger partial charge is 0.486 e. The van der Waals surface area contributed by atoms with Gasteiger partial charge in [0, 0.05) is 32.1 Å². The molecule has 1 amide bonds. The van der Waals surface area contributed by atoms with Gasteiger partial charge in [-0.05, 0) is 25.0 Å². The zero-order chi connectivity index (χ0) is 19.6. The van der Waals surface area contributed by atoms with Crippen molar-refractivity contribution < 1.29 is 32.6 Å². The fourth-order valence-electron chi connectivity index (χ4n) is 3.27. The van der Waals surface area contributed by atoms with Gasteiger partial charge in [0.2, 0.25) is 15.9 Å². The molecular weight excluding hydrogens is 376 g/mol. The van der Waals surface area contributed by atoms with Crippen molar-refractivity contribution in [2.45, 2.75) is 17.7 Å². The fourth-order valence-corrected chi connectivity index (χ4v) is 4.75. The van der Waals surface area contributed by atoms with Gasteiger partial charge in [0.25, 0.3) is 0 Å². The van der Waals surface area contributed by atoms with Gasteiger partial charge in [-0.2, -0.15) is 4.31 Å². The number of ether oxygens (including phenoxy) is 2. The SMILES string of the molecule is CN(CC(=O)O)C(=O)C1CCN(S(=O)(=O)c2ccc3c(c2)OCCO3)CC1. The van der Waals surface area contributed by atoms with Gasteiger partial charge in [0.1, 0.15) is 19.8 Å². The summed E-state index contributed by atoms with van der Waals surface area (Å²) >= 11 is 0. The minimum atomic E-state index is -3.71. The molecule has 1 fully saturated rings. The molecule has 1 saturated heterocycles. The number of carboxylic acid groups (broad SMARTS) is 1. The summed E-state index contributed by atoms with van der Waals surface area (Å²) in [6, 6.07) is 4.53. The van der Waals surface area contributed by atoms with Crippen molar-refractivity contribution in [3.05, 3.63) is 18.2 Å². The third kappa shape index (κ3) is 4.16. The second-order valence-electron chi connectivity index (χ2n) is 6.57. The molecule has 0 radical (unpaired) electrons. The van der Waals surface area contributed by atoms with E-state index >= 15 is 0 Å². The van der Waals surface area contributed by atoms with Crippen molar-refractivity contribution in [2.75, 3.05) is 39.9 Å². The Bertz CT molecular complexity index is 832. The van der Waals surface area contributed by atoms with Crippen LogP contribution in [-0.4, -0.2) is 74.5 Å². The van der Waals surface area contributed by atoms with Crippen LogP contribution < -0.4 is 9.47 Å². The van der Waals surface area contributed by atoms with E-state index in [1.165, 1.54) is 23.5 Å². The molecule has 2 aliphatic heterocycles. The van der Waals surface area contributed by atoms with E-state index in [0.29, 0.717) is 37.6 Å². The predicted molar refractivity (Wildman–Crippen MR) is 94.2 cm³/mol. The summed E-state index contributed by atoms with van der Waals surface area (Å²) in [5.41, 5.74) is 0. The van der Waals surface area contributed by atoms with Gasteiger partial charge < -0.3 is 19.5 Å². The maximum absolute atomic E-state index is 12.9. The Morgan fingerprint density at radius 1 is 1.19 bits per heavy atom.